The molecule has 0 aromatic heterocycles. The lowest BCUT2D eigenvalue weighted by molar-refractivity contribution is -0.194. The summed E-state index contributed by atoms with van der Waals surface area (Å²) in [5, 5.41) is 4.21. The van der Waals surface area contributed by atoms with Crippen LogP contribution in [0.5, 0.6) is 5.75 Å². The number of halogens is 4. The molecule has 0 fully saturated rings. The van der Waals surface area contributed by atoms with Crippen LogP contribution in [0.25, 0.3) is 0 Å². The molecule has 0 saturated carbocycles. The number of carbonyl (C=O) groups excluding carboxylic acids is 2. The highest BCUT2D eigenvalue weighted by atomic mass is 19.3. The monoisotopic (exact) mass is 392 g/mol. The Kier molecular flexibility index (Phi) is 8.05. The van der Waals surface area contributed by atoms with Gasteiger partial charge in [-0.1, -0.05) is 25.1 Å². The van der Waals surface area contributed by atoms with E-state index in [4.69, 9.17) is 4.74 Å². The first-order valence-electron chi connectivity index (χ1n) is 8.46. The zero-order valence-electron chi connectivity index (χ0n) is 15.5. The molecule has 27 heavy (non-hydrogen) atoms. The van der Waals surface area contributed by atoms with Gasteiger partial charge in [-0.15, -0.1) is 0 Å². The van der Waals surface area contributed by atoms with Crippen molar-refractivity contribution in [3.05, 3.63) is 29.8 Å². The second-order valence-corrected chi connectivity index (χ2v) is 6.30. The van der Waals surface area contributed by atoms with E-state index in [2.05, 4.69) is 5.32 Å². The molecule has 0 saturated heterocycles. The molecule has 2 N–H and O–H groups in total. The van der Waals surface area contributed by atoms with Crippen LogP contribution in [0.4, 0.5) is 17.6 Å². The number of carbonyl (C=O) groups is 2. The number of amides is 2. The molecule has 1 rings (SSSR count). The van der Waals surface area contributed by atoms with E-state index in [1.54, 1.807) is 18.3 Å². The van der Waals surface area contributed by atoms with Gasteiger partial charge in [0, 0.05) is 6.92 Å². The summed E-state index contributed by atoms with van der Waals surface area (Å²) in [6.07, 6.45) is -0.231. The van der Waals surface area contributed by atoms with Gasteiger partial charge in [-0.25, -0.2) is 8.78 Å². The average Bonchev–Trinajstić information content (AvgIpc) is 2.57. The number of benzene rings is 1. The first kappa shape index (κ1) is 22.7. The molecule has 9 heteroatoms. The molecule has 0 bridgehead atoms. The quantitative estimate of drug-likeness (QED) is 0.475. The highest BCUT2D eigenvalue weighted by Gasteiger charge is 2.52. The third kappa shape index (κ3) is 7.44. The lowest BCUT2D eigenvalue weighted by Gasteiger charge is -2.23. The number of alkyl halides is 4. The van der Waals surface area contributed by atoms with Crippen molar-refractivity contribution >= 4 is 11.8 Å². The molecular formula is C18H24F4N2O3. The van der Waals surface area contributed by atoms with Gasteiger partial charge in [0.2, 0.25) is 11.8 Å². The SMILES string of the molecule is CC[C@H](COc1ccccc1C)NC(=O)CC(=O)NCC(F)(F)C(C)(F)F. The number of hydrogen-bond donors (Lipinski definition) is 2. The van der Waals surface area contributed by atoms with Gasteiger partial charge < -0.3 is 15.4 Å². The van der Waals surface area contributed by atoms with Crippen molar-refractivity contribution < 1.29 is 31.9 Å². The molecule has 1 atom stereocenters. The third-order valence-electron chi connectivity index (χ3n) is 3.86. The van der Waals surface area contributed by atoms with Gasteiger partial charge in [-0.05, 0) is 25.0 Å². The fourth-order valence-electron chi connectivity index (χ4n) is 2.02. The van der Waals surface area contributed by atoms with Gasteiger partial charge >= 0.3 is 11.8 Å². The maximum atomic E-state index is 13.1. The molecule has 0 aliphatic rings. The number of hydrogen-bond acceptors (Lipinski definition) is 3. The van der Waals surface area contributed by atoms with Crippen LogP contribution in [0.15, 0.2) is 24.3 Å². The van der Waals surface area contributed by atoms with E-state index in [9.17, 15) is 27.2 Å². The number of aryl methyl sites for hydroxylation is 1. The Hall–Kier alpha value is -2.32. The van der Waals surface area contributed by atoms with E-state index >= 15 is 0 Å². The van der Waals surface area contributed by atoms with E-state index in [0.29, 0.717) is 12.2 Å². The first-order chi connectivity index (χ1) is 12.5. The van der Waals surface area contributed by atoms with Crippen LogP contribution in [0.3, 0.4) is 0 Å². The summed E-state index contributed by atoms with van der Waals surface area (Å²) in [6.45, 7) is 2.35. The second-order valence-electron chi connectivity index (χ2n) is 6.30. The second kappa shape index (κ2) is 9.57. The van der Waals surface area contributed by atoms with Crippen LogP contribution < -0.4 is 15.4 Å². The number of ether oxygens (including phenoxy) is 1. The largest absolute Gasteiger partial charge is 0.491 e. The molecule has 1 aromatic carbocycles. The van der Waals surface area contributed by atoms with Crippen molar-refractivity contribution in [2.24, 2.45) is 0 Å². The van der Waals surface area contributed by atoms with E-state index in [-0.39, 0.29) is 13.5 Å². The van der Waals surface area contributed by atoms with E-state index < -0.39 is 42.7 Å². The van der Waals surface area contributed by atoms with Crippen molar-refractivity contribution in [3.63, 3.8) is 0 Å². The van der Waals surface area contributed by atoms with Crippen LogP contribution >= 0.6 is 0 Å². The van der Waals surface area contributed by atoms with Gasteiger partial charge in [-0.2, -0.15) is 8.78 Å². The van der Waals surface area contributed by atoms with Crippen LogP contribution in [-0.4, -0.2) is 42.9 Å². The molecule has 0 radical (unpaired) electrons. The minimum Gasteiger partial charge on any atom is -0.491 e. The van der Waals surface area contributed by atoms with Gasteiger partial charge in [0.15, 0.2) is 0 Å². The Balaban J connectivity index is 2.44. The minimum atomic E-state index is -4.40. The topological polar surface area (TPSA) is 67.4 Å². The van der Waals surface area contributed by atoms with Crippen molar-refractivity contribution in [2.75, 3.05) is 13.2 Å². The van der Waals surface area contributed by atoms with Crippen LogP contribution in [0, 0.1) is 6.92 Å². The van der Waals surface area contributed by atoms with Crippen molar-refractivity contribution in [1.29, 1.82) is 0 Å². The van der Waals surface area contributed by atoms with Gasteiger partial charge in [0.1, 0.15) is 18.8 Å². The summed E-state index contributed by atoms with van der Waals surface area (Å²) in [5.74, 6) is -9.79. The van der Waals surface area contributed by atoms with Crippen molar-refractivity contribution in [3.8, 4) is 5.75 Å². The predicted octanol–water partition coefficient (Wildman–Crippen LogP) is 3.07. The van der Waals surface area contributed by atoms with E-state index in [0.717, 1.165) is 5.56 Å². The standard InChI is InChI=1S/C18H24F4N2O3/c1-4-13(10-27-14-8-6-5-7-12(14)2)24-16(26)9-15(25)23-11-18(21,22)17(3,19)20/h5-8,13H,4,9-11H2,1-3H3,(H,23,25)(H,24,26)/t13-/m1/s1. The number of rotatable bonds is 10. The van der Waals surface area contributed by atoms with Crippen molar-refractivity contribution in [2.45, 2.75) is 51.5 Å². The molecule has 0 heterocycles. The Morgan fingerprint density at radius 2 is 1.78 bits per heavy atom. The maximum Gasteiger partial charge on any atom is 0.326 e. The maximum absolute atomic E-state index is 13.1. The number of nitrogens with one attached hydrogen (secondary N) is 2. The molecule has 1 aromatic rings. The first-order valence-corrected chi connectivity index (χ1v) is 8.46. The summed E-state index contributed by atoms with van der Waals surface area (Å²) in [7, 11) is 0. The molecule has 0 unspecified atom stereocenters. The Bertz CT molecular complexity index is 648. The van der Waals surface area contributed by atoms with E-state index in [1.165, 1.54) is 0 Å². The minimum absolute atomic E-state index is 0.0617. The van der Waals surface area contributed by atoms with Crippen molar-refractivity contribution in [1.82, 2.24) is 10.6 Å². The fraction of sp³-hybridized carbons (Fsp3) is 0.556. The lowest BCUT2D eigenvalue weighted by atomic mass is 10.2. The van der Waals surface area contributed by atoms with Gasteiger partial charge in [-0.3, -0.25) is 9.59 Å². The normalized spacial score (nSPS) is 13.0. The molecule has 0 spiro atoms. The van der Waals surface area contributed by atoms with Crippen LogP contribution in [0.1, 0.15) is 32.3 Å². The summed E-state index contributed by atoms with van der Waals surface area (Å²) in [4.78, 5) is 23.4. The lowest BCUT2D eigenvalue weighted by Crippen LogP contribution is -2.48. The summed E-state index contributed by atoms with van der Waals surface area (Å²) < 4.78 is 57.2. The van der Waals surface area contributed by atoms with Crippen LogP contribution in [-0.2, 0) is 9.59 Å². The smallest absolute Gasteiger partial charge is 0.326 e. The Morgan fingerprint density at radius 3 is 2.33 bits per heavy atom. The highest BCUT2D eigenvalue weighted by Crippen LogP contribution is 2.32. The fourth-order valence-corrected chi connectivity index (χ4v) is 2.02. The molecular weight excluding hydrogens is 368 g/mol. The van der Waals surface area contributed by atoms with E-state index in [1.807, 2.05) is 25.1 Å². The van der Waals surface area contributed by atoms with Gasteiger partial charge in [0.25, 0.3) is 0 Å². The molecule has 0 aliphatic heterocycles. The average molecular weight is 392 g/mol. The summed E-state index contributed by atoms with van der Waals surface area (Å²) in [5.41, 5.74) is 0.923. The Morgan fingerprint density at radius 1 is 1.15 bits per heavy atom. The molecule has 5 nitrogen and oxygen atoms in total. The summed E-state index contributed by atoms with van der Waals surface area (Å²) in [6, 6.07) is 6.92. The molecule has 152 valence electrons. The molecule has 0 aliphatic carbocycles. The third-order valence-corrected chi connectivity index (χ3v) is 3.86. The zero-order chi connectivity index (χ0) is 20.7. The Labute approximate surface area is 155 Å². The highest BCUT2D eigenvalue weighted by molar-refractivity contribution is 5.97. The summed E-state index contributed by atoms with van der Waals surface area (Å²) >= 11 is 0. The van der Waals surface area contributed by atoms with Crippen LogP contribution in [0.2, 0.25) is 0 Å². The number of para-hydroxylation sites is 1. The molecule has 2 amide bonds. The predicted molar refractivity (Wildman–Crippen MR) is 92.1 cm³/mol. The zero-order valence-corrected chi connectivity index (χ0v) is 15.5. The van der Waals surface area contributed by atoms with Gasteiger partial charge in [0.05, 0.1) is 12.6 Å².